The summed E-state index contributed by atoms with van der Waals surface area (Å²) in [6, 6.07) is 3.62. The first-order valence-electron chi connectivity index (χ1n) is 8.60. The molecule has 132 valence electrons. The zero-order valence-corrected chi connectivity index (χ0v) is 14.8. The third-order valence-electron chi connectivity index (χ3n) is 4.84. The van der Waals surface area contributed by atoms with Gasteiger partial charge < -0.3 is 10.2 Å². The van der Waals surface area contributed by atoms with Gasteiger partial charge in [-0.2, -0.15) is 0 Å². The highest BCUT2D eigenvalue weighted by Crippen LogP contribution is 2.22. The van der Waals surface area contributed by atoms with Gasteiger partial charge in [-0.05, 0) is 38.3 Å². The Hall–Kier alpha value is -1.70. The van der Waals surface area contributed by atoms with Gasteiger partial charge in [0.05, 0.1) is 11.5 Å². The zero-order chi connectivity index (χ0) is 17.2. The molecule has 0 aromatic carbocycles. The molecule has 8 heteroatoms. The van der Waals surface area contributed by atoms with E-state index in [1.165, 1.54) is 12.8 Å². The topological polar surface area (TPSA) is 92.3 Å². The minimum Gasteiger partial charge on any atom is -0.366 e. The molecule has 1 atom stereocenters. The first-order valence-corrected chi connectivity index (χ1v) is 10.4. The van der Waals surface area contributed by atoms with Crippen molar-refractivity contribution in [1.29, 1.82) is 0 Å². The zero-order valence-electron chi connectivity index (χ0n) is 13.9. The van der Waals surface area contributed by atoms with E-state index < -0.39 is 9.84 Å². The van der Waals surface area contributed by atoms with E-state index in [0.717, 1.165) is 12.8 Å². The Morgan fingerprint density at radius 2 is 2.00 bits per heavy atom. The fourth-order valence-corrected chi connectivity index (χ4v) is 5.27. The SMILES string of the molecule is CCN(C(=O)c1ccc(NC2CCCC2)nn1)C1CCS(=O)(=O)C1. The lowest BCUT2D eigenvalue weighted by molar-refractivity contribution is 0.0701. The summed E-state index contributed by atoms with van der Waals surface area (Å²) in [5.74, 6) is 0.628. The summed E-state index contributed by atoms with van der Waals surface area (Å²) >= 11 is 0. The summed E-state index contributed by atoms with van der Waals surface area (Å²) < 4.78 is 23.3. The van der Waals surface area contributed by atoms with Gasteiger partial charge in [0.2, 0.25) is 0 Å². The van der Waals surface area contributed by atoms with Gasteiger partial charge in [0, 0.05) is 18.6 Å². The van der Waals surface area contributed by atoms with Crippen LogP contribution in [0.1, 0.15) is 49.5 Å². The van der Waals surface area contributed by atoms with Crippen molar-refractivity contribution < 1.29 is 13.2 Å². The molecular weight excluding hydrogens is 328 g/mol. The van der Waals surface area contributed by atoms with Crippen molar-refractivity contribution in [2.45, 2.75) is 51.1 Å². The highest BCUT2D eigenvalue weighted by molar-refractivity contribution is 7.91. The smallest absolute Gasteiger partial charge is 0.274 e. The van der Waals surface area contributed by atoms with E-state index in [0.29, 0.717) is 24.8 Å². The average Bonchev–Trinajstić information content (AvgIpc) is 3.18. The molecule has 0 bridgehead atoms. The molecule has 0 radical (unpaired) electrons. The predicted molar refractivity (Wildman–Crippen MR) is 91.7 cm³/mol. The molecule has 3 rings (SSSR count). The van der Waals surface area contributed by atoms with E-state index in [2.05, 4.69) is 15.5 Å². The quantitative estimate of drug-likeness (QED) is 0.863. The van der Waals surface area contributed by atoms with Gasteiger partial charge in [0.15, 0.2) is 15.5 Å². The van der Waals surface area contributed by atoms with Gasteiger partial charge >= 0.3 is 0 Å². The van der Waals surface area contributed by atoms with Crippen molar-refractivity contribution in [2.75, 3.05) is 23.4 Å². The number of anilines is 1. The number of sulfone groups is 1. The predicted octanol–water partition coefficient (Wildman–Crippen LogP) is 1.48. The molecular formula is C16H24N4O3S. The minimum atomic E-state index is -3.03. The summed E-state index contributed by atoms with van der Waals surface area (Å²) in [6.07, 6.45) is 5.25. The average molecular weight is 352 g/mol. The van der Waals surface area contributed by atoms with Gasteiger partial charge in [0.25, 0.3) is 5.91 Å². The van der Waals surface area contributed by atoms with Crippen LogP contribution in [0.3, 0.4) is 0 Å². The van der Waals surface area contributed by atoms with Crippen LogP contribution in [0.5, 0.6) is 0 Å². The van der Waals surface area contributed by atoms with Gasteiger partial charge in [-0.25, -0.2) is 8.42 Å². The molecule has 24 heavy (non-hydrogen) atoms. The van der Waals surface area contributed by atoms with Crippen LogP contribution >= 0.6 is 0 Å². The van der Waals surface area contributed by atoms with E-state index in [1.54, 1.807) is 17.0 Å². The van der Waals surface area contributed by atoms with Gasteiger partial charge in [0.1, 0.15) is 5.82 Å². The Kier molecular flexibility index (Phi) is 5.03. The maximum Gasteiger partial charge on any atom is 0.274 e. The Balaban J connectivity index is 1.66. The molecule has 2 aliphatic rings. The molecule has 1 unspecified atom stereocenters. The molecule has 7 nitrogen and oxygen atoms in total. The highest BCUT2D eigenvalue weighted by Gasteiger charge is 2.34. The Bertz CT molecular complexity index is 684. The highest BCUT2D eigenvalue weighted by atomic mass is 32.2. The number of carbonyl (C=O) groups is 1. The molecule has 2 fully saturated rings. The molecule has 1 aromatic rings. The van der Waals surface area contributed by atoms with Crippen LogP contribution in [0, 0.1) is 0 Å². The molecule has 1 saturated heterocycles. The Morgan fingerprint density at radius 3 is 2.54 bits per heavy atom. The third-order valence-corrected chi connectivity index (χ3v) is 6.59. The monoisotopic (exact) mass is 352 g/mol. The van der Waals surface area contributed by atoms with Crippen LogP contribution in [0.2, 0.25) is 0 Å². The number of aromatic nitrogens is 2. The number of hydrogen-bond acceptors (Lipinski definition) is 6. The normalized spacial score (nSPS) is 23.3. The number of amides is 1. The van der Waals surface area contributed by atoms with Gasteiger partial charge in [-0.3, -0.25) is 4.79 Å². The van der Waals surface area contributed by atoms with Crippen molar-refractivity contribution in [2.24, 2.45) is 0 Å². The summed E-state index contributed by atoms with van der Waals surface area (Å²) in [5, 5.41) is 11.5. The van der Waals surface area contributed by atoms with E-state index in [1.807, 2.05) is 6.92 Å². The van der Waals surface area contributed by atoms with Crippen LogP contribution in [-0.4, -0.2) is 59.6 Å². The molecule has 1 aromatic heterocycles. The fraction of sp³-hybridized carbons (Fsp3) is 0.688. The van der Waals surface area contributed by atoms with Crippen LogP contribution in [0.4, 0.5) is 5.82 Å². The second-order valence-corrected chi connectivity index (χ2v) is 8.81. The number of rotatable bonds is 5. The van der Waals surface area contributed by atoms with Crippen molar-refractivity contribution in [1.82, 2.24) is 15.1 Å². The van der Waals surface area contributed by atoms with E-state index in [-0.39, 0.29) is 29.1 Å². The standard InChI is InChI=1S/C16H24N4O3S/c1-2-20(13-9-10-24(22,23)11-13)16(21)14-7-8-15(19-18-14)17-12-5-3-4-6-12/h7-8,12-13H,2-6,9-11H2,1H3,(H,17,19). The van der Waals surface area contributed by atoms with Gasteiger partial charge in [-0.15, -0.1) is 10.2 Å². The lowest BCUT2D eigenvalue weighted by Gasteiger charge is -2.26. The third kappa shape index (κ3) is 3.85. The Labute approximate surface area is 142 Å². The molecule has 1 aliphatic carbocycles. The second kappa shape index (κ2) is 7.04. The molecule has 0 spiro atoms. The van der Waals surface area contributed by atoms with Crippen molar-refractivity contribution in [3.63, 3.8) is 0 Å². The van der Waals surface area contributed by atoms with Crippen LogP contribution in [0.15, 0.2) is 12.1 Å². The largest absolute Gasteiger partial charge is 0.366 e. The van der Waals surface area contributed by atoms with Crippen LogP contribution in [-0.2, 0) is 9.84 Å². The molecule has 1 amide bonds. The minimum absolute atomic E-state index is 0.0430. The number of hydrogen-bond donors (Lipinski definition) is 1. The molecule has 1 aliphatic heterocycles. The van der Waals surface area contributed by atoms with Crippen LogP contribution in [0.25, 0.3) is 0 Å². The number of nitrogens with zero attached hydrogens (tertiary/aromatic N) is 3. The van der Waals surface area contributed by atoms with E-state index >= 15 is 0 Å². The summed E-state index contributed by atoms with van der Waals surface area (Å²) in [5.41, 5.74) is 0.262. The molecule has 1 N–H and O–H groups in total. The number of carbonyl (C=O) groups excluding carboxylic acids is 1. The molecule has 2 heterocycles. The lowest BCUT2D eigenvalue weighted by atomic mass is 10.2. The first-order chi connectivity index (χ1) is 11.5. The lowest BCUT2D eigenvalue weighted by Crippen LogP contribution is -2.41. The molecule has 1 saturated carbocycles. The second-order valence-electron chi connectivity index (χ2n) is 6.58. The number of nitrogens with one attached hydrogen (secondary N) is 1. The van der Waals surface area contributed by atoms with Crippen LogP contribution < -0.4 is 5.32 Å². The van der Waals surface area contributed by atoms with Crippen molar-refractivity contribution in [3.8, 4) is 0 Å². The Morgan fingerprint density at radius 1 is 1.25 bits per heavy atom. The summed E-state index contributed by atoms with van der Waals surface area (Å²) in [6.45, 7) is 2.31. The van der Waals surface area contributed by atoms with E-state index in [9.17, 15) is 13.2 Å². The van der Waals surface area contributed by atoms with Gasteiger partial charge in [-0.1, -0.05) is 12.8 Å². The van der Waals surface area contributed by atoms with E-state index in [4.69, 9.17) is 0 Å². The van der Waals surface area contributed by atoms with Crippen molar-refractivity contribution >= 4 is 21.6 Å². The van der Waals surface area contributed by atoms with Crippen molar-refractivity contribution in [3.05, 3.63) is 17.8 Å². The fourth-order valence-electron chi connectivity index (χ4n) is 3.54. The summed E-state index contributed by atoms with van der Waals surface area (Å²) in [7, 11) is -3.03. The maximum absolute atomic E-state index is 12.6. The first kappa shape index (κ1) is 17.1. The maximum atomic E-state index is 12.6. The summed E-state index contributed by atoms with van der Waals surface area (Å²) in [4.78, 5) is 14.2.